The molecule has 0 radical (unpaired) electrons. The minimum absolute atomic E-state index is 0.479. The van der Waals surface area contributed by atoms with Crippen molar-refractivity contribution in [1.29, 1.82) is 0 Å². The van der Waals surface area contributed by atoms with E-state index in [9.17, 15) is 0 Å². The van der Waals surface area contributed by atoms with Gasteiger partial charge in [-0.15, -0.1) is 25.0 Å². The Morgan fingerprint density at radius 2 is 1.75 bits per heavy atom. The van der Waals surface area contributed by atoms with Crippen molar-refractivity contribution >= 4 is 0 Å². The Hall–Kier alpha value is -1.00. The summed E-state index contributed by atoms with van der Waals surface area (Å²) in [4.78, 5) is 0. The lowest BCUT2D eigenvalue weighted by atomic mass is 10.1. The fourth-order valence-corrected chi connectivity index (χ4v) is 1.45. The van der Waals surface area contributed by atoms with Gasteiger partial charge in [0.05, 0.1) is 0 Å². The van der Waals surface area contributed by atoms with E-state index >= 15 is 0 Å². The summed E-state index contributed by atoms with van der Waals surface area (Å²) >= 11 is 0. The Morgan fingerprint density at radius 1 is 1.12 bits per heavy atom. The molecule has 0 spiro atoms. The number of hydrogen-bond donors (Lipinski definition) is 1. The van der Waals surface area contributed by atoms with E-state index in [1.54, 1.807) is 0 Å². The molecule has 0 fully saturated rings. The number of nitrogens with one attached hydrogen (secondary N) is 1. The number of unbranched alkanes of at least 4 members (excludes halogenated alkanes) is 2. The van der Waals surface area contributed by atoms with Gasteiger partial charge in [-0.05, 0) is 19.3 Å². The average Bonchev–Trinajstić information content (AvgIpc) is 2.28. The Morgan fingerprint density at radius 3 is 2.31 bits per heavy atom. The van der Waals surface area contributed by atoms with Crippen LogP contribution in [-0.4, -0.2) is 12.6 Å². The molecule has 0 aromatic heterocycles. The van der Waals surface area contributed by atoms with Crippen LogP contribution in [0, 0.1) is 11.8 Å². The highest BCUT2D eigenvalue weighted by Gasteiger charge is 2.01. The average molecular weight is 219 g/mol. The van der Waals surface area contributed by atoms with Gasteiger partial charge in [0.2, 0.25) is 0 Å². The summed E-state index contributed by atoms with van der Waals surface area (Å²) in [6.45, 7) is 10.7. The van der Waals surface area contributed by atoms with Gasteiger partial charge < -0.3 is 5.32 Å². The summed E-state index contributed by atoms with van der Waals surface area (Å²) in [7, 11) is 0. The van der Waals surface area contributed by atoms with E-state index in [4.69, 9.17) is 0 Å². The monoisotopic (exact) mass is 219 g/mol. The molecule has 0 atom stereocenters. The van der Waals surface area contributed by atoms with E-state index in [1.807, 2.05) is 12.2 Å². The van der Waals surface area contributed by atoms with E-state index in [0.717, 1.165) is 32.2 Å². The molecule has 0 unspecified atom stereocenters. The first-order chi connectivity index (χ1) is 7.85. The van der Waals surface area contributed by atoms with Gasteiger partial charge in [-0.3, -0.25) is 0 Å². The zero-order chi connectivity index (χ0) is 12.1. The van der Waals surface area contributed by atoms with Crippen molar-refractivity contribution < 1.29 is 0 Å². The summed E-state index contributed by atoms with van der Waals surface area (Å²) in [6, 6.07) is 0.479. The second-order valence-electron chi connectivity index (χ2n) is 3.91. The van der Waals surface area contributed by atoms with Crippen molar-refractivity contribution in [3.63, 3.8) is 0 Å². The van der Waals surface area contributed by atoms with Gasteiger partial charge in [0.25, 0.3) is 0 Å². The fraction of sp³-hybridized carbons (Fsp3) is 0.600. The number of rotatable bonds is 9. The van der Waals surface area contributed by atoms with E-state index in [2.05, 4.69) is 37.2 Å². The first kappa shape index (κ1) is 15.0. The summed E-state index contributed by atoms with van der Waals surface area (Å²) in [5, 5.41) is 3.47. The van der Waals surface area contributed by atoms with E-state index in [0.29, 0.717) is 6.04 Å². The molecule has 0 aliphatic carbocycles. The van der Waals surface area contributed by atoms with Gasteiger partial charge in [-0.1, -0.05) is 25.5 Å². The Kier molecular flexibility index (Phi) is 11.3. The van der Waals surface area contributed by atoms with Crippen LogP contribution >= 0.6 is 0 Å². The molecule has 0 aromatic carbocycles. The summed E-state index contributed by atoms with van der Waals surface area (Å²) in [5.74, 6) is 6.39. The Bertz CT molecular complexity index is 222. The number of hydrogen-bond acceptors (Lipinski definition) is 1. The molecule has 0 rings (SSSR count). The third-order valence-electron chi connectivity index (χ3n) is 2.37. The van der Waals surface area contributed by atoms with Crippen molar-refractivity contribution in [2.24, 2.45) is 0 Å². The van der Waals surface area contributed by atoms with Crippen molar-refractivity contribution in [2.45, 2.75) is 51.5 Å². The van der Waals surface area contributed by atoms with Crippen LogP contribution in [0.25, 0.3) is 0 Å². The topological polar surface area (TPSA) is 12.0 Å². The molecule has 1 heteroatoms. The predicted molar refractivity (Wildman–Crippen MR) is 73.3 cm³/mol. The summed E-state index contributed by atoms with van der Waals surface area (Å²) in [5.41, 5.74) is 0. The molecule has 0 bridgehead atoms. The van der Waals surface area contributed by atoms with Crippen molar-refractivity contribution in [1.82, 2.24) is 5.32 Å². The molecule has 0 amide bonds. The molecule has 0 saturated carbocycles. The fourth-order valence-electron chi connectivity index (χ4n) is 1.45. The molecular formula is C15H25N. The second-order valence-corrected chi connectivity index (χ2v) is 3.91. The highest BCUT2D eigenvalue weighted by atomic mass is 14.9. The normalized spacial score (nSPS) is 9.62. The van der Waals surface area contributed by atoms with Gasteiger partial charge >= 0.3 is 0 Å². The highest BCUT2D eigenvalue weighted by molar-refractivity contribution is 4.99. The molecule has 0 heterocycles. The maximum Gasteiger partial charge on any atom is 0.0214 e. The maximum atomic E-state index is 3.76. The van der Waals surface area contributed by atoms with Crippen LogP contribution in [0.3, 0.4) is 0 Å². The maximum absolute atomic E-state index is 3.76. The van der Waals surface area contributed by atoms with Crippen LogP contribution in [0.5, 0.6) is 0 Å². The summed E-state index contributed by atoms with van der Waals surface area (Å²) < 4.78 is 0. The SMILES string of the molecule is C=CCC(CC=C)NCCC#CCCCC. The molecular weight excluding hydrogens is 194 g/mol. The Labute approximate surface area is 101 Å². The lowest BCUT2D eigenvalue weighted by molar-refractivity contribution is 0.528. The van der Waals surface area contributed by atoms with Crippen molar-refractivity contribution in [3.8, 4) is 11.8 Å². The van der Waals surface area contributed by atoms with Crippen LogP contribution < -0.4 is 5.32 Å². The van der Waals surface area contributed by atoms with E-state index < -0.39 is 0 Å². The van der Waals surface area contributed by atoms with Crippen molar-refractivity contribution in [2.75, 3.05) is 6.54 Å². The molecule has 0 saturated heterocycles. The quantitative estimate of drug-likeness (QED) is 0.354. The van der Waals surface area contributed by atoms with Gasteiger partial charge in [0.1, 0.15) is 0 Å². The molecule has 90 valence electrons. The zero-order valence-corrected chi connectivity index (χ0v) is 10.6. The first-order valence-electron chi connectivity index (χ1n) is 6.26. The van der Waals surface area contributed by atoms with Gasteiger partial charge in [0, 0.05) is 25.4 Å². The minimum Gasteiger partial charge on any atom is -0.312 e. The third kappa shape index (κ3) is 9.55. The van der Waals surface area contributed by atoms with Crippen LogP contribution in [0.2, 0.25) is 0 Å². The lowest BCUT2D eigenvalue weighted by Crippen LogP contribution is -2.28. The molecule has 16 heavy (non-hydrogen) atoms. The zero-order valence-electron chi connectivity index (χ0n) is 10.6. The van der Waals surface area contributed by atoms with Crippen LogP contribution in [0.15, 0.2) is 25.3 Å². The predicted octanol–water partition coefficient (Wildman–Crippen LogP) is 3.68. The third-order valence-corrected chi connectivity index (χ3v) is 2.37. The van der Waals surface area contributed by atoms with Gasteiger partial charge in [-0.25, -0.2) is 0 Å². The standard InChI is InChI=1S/C15H25N/c1-4-7-8-9-10-11-14-16-15(12-5-2)13-6-3/h5-6,15-16H,2-4,7-8,11-14H2,1H3. The van der Waals surface area contributed by atoms with Crippen molar-refractivity contribution in [3.05, 3.63) is 25.3 Å². The first-order valence-corrected chi connectivity index (χ1v) is 6.26. The smallest absolute Gasteiger partial charge is 0.0214 e. The van der Waals surface area contributed by atoms with Crippen LogP contribution in [0.4, 0.5) is 0 Å². The molecule has 0 aliphatic heterocycles. The van der Waals surface area contributed by atoms with E-state index in [1.165, 1.54) is 12.8 Å². The Balaban J connectivity index is 3.55. The minimum atomic E-state index is 0.479. The van der Waals surface area contributed by atoms with Crippen LogP contribution in [0.1, 0.15) is 45.4 Å². The molecule has 1 nitrogen and oxygen atoms in total. The highest BCUT2D eigenvalue weighted by Crippen LogP contribution is 1.99. The largest absolute Gasteiger partial charge is 0.312 e. The summed E-state index contributed by atoms with van der Waals surface area (Å²) in [6.07, 6.45) is 10.3. The molecule has 0 aromatic rings. The van der Waals surface area contributed by atoms with Gasteiger partial charge in [-0.2, -0.15) is 0 Å². The molecule has 1 N–H and O–H groups in total. The lowest BCUT2D eigenvalue weighted by Gasteiger charge is -2.13. The van der Waals surface area contributed by atoms with Crippen LogP contribution in [-0.2, 0) is 0 Å². The second kappa shape index (κ2) is 12.1. The van der Waals surface area contributed by atoms with E-state index in [-0.39, 0.29) is 0 Å². The van der Waals surface area contributed by atoms with Gasteiger partial charge in [0.15, 0.2) is 0 Å². The molecule has 0 aliphatic rings.